The van der Waals surface area contributed by atoms with Gasteiger partial charge in [-0.2, -0.15) is 0 Å². The van der Waals surface area contributed by atoms with E-state index >= 15 is 0 Å². The summed E-state index contributed by atoms with van der Waals surface area (Å²) in [7, 11) is 1.75. The van der Waals surface area contributed by atoms with E-state index in [-0.39, 0.29) is 6.03 Å². The average Bonchev–Trinajstić information content (AvgIpc) is 2.49. The van der Waals surface area contributed by atoms with Crippen molar-refractivity contribution < 1.29 is 9.53 Å². The zero-order valence-corrected chi connectivity index (χ0v) is 14.7. The van der Waals surface area contributed by atoms with Gasteiger partial charge in [0.1, 0.15) is 0 Å². The van der Waals surface area contributed by atoms with Crippen molar-refractivity contribution in [2.24, 2.45) is 0 Å². The van der Waals surface area contributed by atoms with E-state index in [0.717, 1.165) is 31.4 Å². The van der Waals surface area contributed by atoms with Gasteiger partial charge in [0.25, 0.3) is 0 Å². The van der Waals surface area contributed by atoms with Crippen molar-refractivity contribution in [2.45, 2.75) is 32.7 Å². The van der Waals surface area contributed by atoms with E-state index < -0.39 is 0 Å². The normalized spacial score (nSPS) is 10.5. The molecule has 0 atom stereocenters. The zero-order chi connectivity index (χ0) is 16.4. The molecule has 1 N–H and O–H groups in total. The van der Waals surface area contributed by atoms with Gasteiger partial charge in [0.05, 0.1) is 10.0 Å². The van der Waals surface area contributed by atoms with Crippen molar-refractivity contribution >= 4 is 29.2 Å². The molecule has 0 aliphatic heterocycles. The molecule has 0 saturated heterocycles. The molecule has 0 aromatic heterocycles. The fourth-order valence-electron chi connectivity index (χ4n) is 1.84. The van der Waals surface area contributed by atoms with Crippen LogP contribution in [0.25, 0.3) is 0 Å². The number of carbonyl (C=O) groups is 1. The Morgan fingerprint density at radius 2 is 1.95 bits per heavy atom. The van der Waals surface area contributed by atoms with Crippen LogP contribution in [0.1, 0.15) is 31.7 Å². The molecule has 6 heteroatoms. The van der Waals surface area contributed by atoms with E-state index in [0.29, 0.717) is 29.7 Å². The standard InChI is InChI=1S/C16H24Cl2N2O2/c1-3-4-9-22-10-5-8-19-16(21)20(2)12-13-6-7-14(17)15(18)11-13/h6-7,11H,3-5,8-10,12H2,1-2H3,(H,19,21). The summed E-state index contributed by atoms with van der Waals surface area (Å²) in [5.74, 6) is 0. The van der Waals surface area contributed by atoms with Gasteiger partial charge in [-0.1, -0.05) is 42.6 Å². The van der Waals surface area contributed by atoms with E-state index in [1.165, 1.54) is 0 Å². The molecule has 0 unspecified atom stereocenters. The monoisotopic (exact) mass is 346 g/mol. The summed E-state index contributed by atoms with van der Waals surface area (Å²) in [5, 5.41) is 3.88. The first-order chi connectivity index (χ1) is 10.5. The highest BCUT2D eigenvalue weighted by molar-refractivity contribution is 6.42. The number of ether oxygens (including phenoxy) is 1. The molecule has 0 aliphatic rings. The fraction of sp³-hybridized carbons (Fsp3) is 0.562. The van der Waals surface area contributed by atoms with Crippen LogP contribution in [0.5, 0.6) is 0 Å². The van der Waals surface area contributed by atoms with Crippen LogP contribution in [0.15, 0.2) is 18.2 Å². The third-order valence-electron chi connectivity index (χ3n) is 3.13. The van der Waals surface area contributed by atoms with Crippen LogP contribution in [0.3, 0.4) is 0 Å². The Morgan fingerprint density at radius 3 is 2.64 bits per heavy atom. The summed E-state index contributed by atoms with van der Waals surface area (Å²) in [6, 6.07) is 5.26. The summed E-state index contributed by atoms with van der Waals surface area (Å²) in [4.78, 5) is 13.6. The van der Waals surface area contributed by atoms with Crippen molar-refractivity contribution in [2.75, 3.05) is 26.8 Å². The molecule has 0 heterocycles. The first-order valence-corrected chi connectivity index (χ1v) is 8.30. The number of carbonyl (C=O) groups excluding carboxylic acids is 1. The largest absolute Gasteiger partial charge is 0.381 e. The lowest BCUT2D eigenvalue weighted by Gasteiger charge is -2.18. The third kappa shape index (κ3) is 7.34. The van der Waals surface area contributed by atoms with Gasteiger partial charge in [-0.05, 0) is 30.5 Å². The van der Waals surface area contributed by atoms with Gasteiger partial charge in [0.15, 0.2) is 0 Å². The van der Waals surface area contributed by atoms with Gasteiger partial charge in [0, 0.05) is 33.4 Å². The highest BCUT2D eigenvalue weighted by Gasteiger charge is 2.09. The molecule has 1 rings (SSSR count). The fourth-order valence-corrected chi connectivity index (χ4v) is 2.16. The summed E-state index contributed by atoms with van der Waals surface area (Å²) in [5.41, 5.74) is 0.940. The number of hydrogen-bond acceptors (Lipinski definition) is 2. The smallest absolute Gasteiger partial charge is 0.317 e. The molecule has 0 saturated carbocycles. The van der Waals surface area contributed by atoms with Crippen molar-refractivity contribution in [3.05, 3.63) is 33.8 Å². The van der Waals surface area contributed by atoms with Gasteiger partial charge >= 0.3 is 6.03 Å². The van der Waals surface area contributed by atoms with Crippen LogP contribution >= 0.6 is 23.2 Å². The number of nitrogens with one attached hydrogen (secondary N) is 1. The highest BCUT2D eigenvalue weighted by Crippen LogP contribution is 2.23. The Labute approximate surface area is 142 Å². The minimum Gasteiger partial charge on any atom is -0.381 e. The summed E-state index contributed by atoms with van der Waals surface area (Å²) < 4.78 is 5.44. The second-order valence-electron chi connectivity index (χ2n) is 5.16. The topological polar surface area (TPSA) is 41.6 Å². The molecule has 1 aromatic carbocycles. The zero-order valence-electron chi connectivity index (χ0n) is 13.2. The molecule has 1 aromatic rings. The molecule has 0 spiro atoms. The SMILES string of the molecule is CCCCOCCCNC(=O)N(C)Cc1ccc(Cl)c(Cl)c1. The number of hydrogen-bond donors (Lipinski definition) is 1. The quantitative estimate of drug-likeness (QED) is 0.675. The number of benzene rings is 1. The van der Waals surface area contributed by atoms with Crippen molar-refractivity contribution in [3.63, 3.8) is 0 Å². The Hall–Kier alpha value is -0.970. The number of halogens is 2. The van der Waals surface area contributed by atoms with E-state index in [9.17, 15) is 4.79 Å². The maximum atomic E-state index is 11.9. The van der Waals surface area contributed by atoms with Gasteiger partial charge in [-0.25, -0.2) is 4.79 Å². The summed E-state index contributed by atoms with van der Waals surface area (Å²) in [6.45, 7) is 4.69. The molecule has 0 bridgehead atoms. The summed E-state index contributed by atoms with van der Waals surface area (Å²) in [6.07, 6.45) is 3.03. The Morgan fingerprint density at radius 1 is 1.23 bits per heavy atom. The van der Waals surface area contributed by atoms with E-state index in [1.54, 1.807) is 24.1 Å². The lowest BCUT2D eigenvalue weighted by molar-refractivity contribution is 0.128. The first kappa shape index (κ1) is 19.1. The second-order valence-corrected chi connectivity index (χ2v) is 5.97. The molecular weight excluding hydrogens is 323 g/mol. The van der Waals surface area contributed by atoms with Crippen molar-refractivity contribution in [1.82, 2.24) is 10.2 Å². The third-order valence-corrected chi connectivity index (χ3v) is 3.87. The number of urea groups is 1. The predicted octanol–water partition coefficient (Wildman–Crippen LogP) is 4.34. The highest BCUT2D eigenvalue weighted by atomic mass is 35.5. The van der Waals surface area contributed by atoms with Crippen LogP contribution in [0.2, 0.25) is 10.0 Å². The van der Waals surface area contributed by atoms with Gasteiger partial charge in [-0.15, -0.1) is 0 Å². The van der Waals surface area contributed by atoms with Crippen LogP contribution in [-0.4, -0.2) is 37.7 Å². The maximum Gasteiger partial charge on any atom is 0.317 e. The minimum absolute atomic E-state index is 0.111. The number of nitrogens with zero attached hydrogens (tertiary/aromatic N) is 1. The van der Waals surface area contributed by atoms with Crippen LogP contribution in [0.4, 0.5) is 4.79 Å². The van der Waals surface area contributed by atoms with E-state index in [4.69, 9.17) is 27.9 Å². The molecule has 0 fully saturated rings. The van der Waals surface area contributed by atoms with Crippen molar-refractivity contribution in [3.8, 4) is 0 Å². The van der Waals surface area contributed by atoms with Crippen LogP contribution in [-0.2, 0) is 11.3 Å². The molecule has 2 amide bonds. The van der Waals surface area contributed by atoms with E-state index in [1.807, 2.05) is 6.07 Å². The molecule has 0 aliphatic carbocycles. The second kappa shape index (κ2) is 10.7. The Balaban J connectivity index is 2.23. The van der Waals surface area contributed by atoms with Gasteiger partial charge in [-0.3, -0.25) is 0 Å². The minimum atomic E-state index is -0.111. The maximum absolute atomic E-state index is 11.9. The molecule has 4 nitrogen and oxygen atoms in total. The lowest BCUT2D eigenvalue weighted by Crippen LogP contribution is -2.37. The average molecular weight is 347 g/mol. The number of amides is 2. The molecule has 0 radical (unpaired) electrons. The summed E-state index contributed by atoms with van der Waals surface area (Å²) >= 11 is 11.8. The lowest BCUT2D eigenvalue weighted by atomic mass is 10.2. The molecule has 22 heavy (non-hydrogen) atoms. The Bertz CT molecular complexity index is 469. The predicted molar refractivity (Wildman–Crippen MR) is 91.7 cm³/mol. The number of rotatable bonds is 9. The Kier molecular flexibility index (Phi) is 9.28. The van der Waals surface area contributed by atoms with Crippen LogP contribution < -0.4 is 5.32 Å². The van der Waals surface area contributed by atoms with E-state index in [2.05, 4.69) is 12.2 Å². The molecular formula is C16H24Cl2N2O2. The molecule has 124 valence electrons. The van der Waals surface area contributed by atoms with Crippen LogP contribution in [0, 0.1) is 0 Å². The van der Waals surface area contributed by atoms with Crippen molar-refractivity contribution in [1.29, 1.82) is 0 Å². The van der Waals surface area contributed by atoms with Gasteiger partial charge < -0.3 is 15.0 Å². The van der Waals surface area contributed by atoms with Gasteiger partial charge in [0.2, 0.25) is 0 Å². The number of unbranched alkanes of at least 4 members (excludes halogenated alkanes) is 1. The first-order valence-electron chi connectivity index (χ1n) is 7.55.